The second-order valence-electron chi connectivity index (χ2n) is 5.92. The number of aromatic nitrogens is 1. The molecule has 25 heavy (non-hydrogen) atoms. The summed E-state index contributed by atoms with van der Waals surface area (Å²) < 4.78 is 34.0. The second kappa shape index (κ2) is 7.06. The number of carbonyl (C=O) groups is 1. The normalized spacial score (nSPS) is 22.3. The van der Waals surface area contributed by atoms with Gasteiger partial charge in [0, 0.05) is 30.4 Å². The van der Waals surface area contributed by atoms with Crippen LogP contribution in [0.25, 0.3) is 0 Å². The Morgan fingerprint density at radius 1 is 1.48 bits per heavy atom. The quantitative estimate of drug-likeness (QED) is 0.894. The molecule has 1 aliphatic carbocycles. The largest absolute Gasteiger partial charge is 0.375 e. The van der Waals surface area contributed by atoms with Gasteiger partial charge in [-0.3, -0.25) is 9.78 Å². The molecule has 1 N–H and O–H groups in total. The number of halogens is 3. The highest BCUT2D eigenvalue weighted by atomic mass is 35.5. The van der Waals surface area contributed by atoms with Crippen LogP contribution in [0.4, 0.5) is 8.78 Å². The number of amides is 1. The third-order valence-electron chi connectivity index (χ3n) is 4.42. The van der Waals surface area contributed by atoms with Gasteiger partial charge in [-0.25, -0.2) is 8.78 Å². The molecule has 1 aliphatic rings. The Bertz CT molecular complexity index is 802. The molecule has 7 heteroatoms. The highest BCUT2D eigenvalue weighted by Crippen LogP contribution is 2.43. The SMILES string of the molecule is CO[C@H]1CC[C@@](F)(C(=O)NCc2ccc(F)cc2Cl)c2cccnc21. The van der Waals surface area contributed by atoms with Crippen LogP contribution < -0.4 is 5.32 Å². The van der Waals surface area contributed by atoms with Gasteiger partial charge in [0.2, 0.25) is 5.67 Å². The minimum atomic E-state index is -2.19. The van der Waals surface area contributed by atoms with E-state index in [2.05, 4.69) is 10.3 Å². The van der Waals surface area contributed by atoms with E-state index in [0.29, 0.717) is 17.7 Å². The molecule has 4 nitrogen and oxygen atoms in total. The van der Waals surface area contributed by atoms with Crippen molar-refractivity contribution in [3.05, 3.63) is 64.2 Å². The predicted octanol–water partition coefficient (Wildman–Crippen LogP) is 3.84. The number of rotatable bonds is 4. The van der Waals surface area contributed by atoms with Crippen LogP contribution in [0.5, 0.6) is 0 Å². The molecule has 1 aromatic heterocycles. The van der Waals surface area contributed by atoms with Gasteiger partial charge in [-0.2, -0.15) is 0 Å². The van der Waals surface area contributed by atoms with Gasteiger partial charge >= 0.3 is 0 Å². The summed E-state index contributed by atoms with van der Waals surface area (Å²) in [5, 5.41) is 2.73. The molecule has 0 saturated heterocycles. The van der Waals surface area contributed by atoms with Gasteiger partial charge < -0.3 is 10.1 Å². The number of benzene rings is 1. The summed E-state index contributed by atoms with van der Waals surface area (Å²) in [6, 6.07) is 6.99. The van der Waals surface area contributed by atoms with Crippen LogP contribution in [0.2, 0.25) is 5.02 Å². The maximum atomic E-state index is 15.5. The van der Waals surface area contributed by atoms with Crippen molar-refractivity contribution in [2.45, 2.75) is 31.2 Å². The number of fused-ring (bicyclic) bond motifs is 1. The fourth-order valence-corrected chi connectivity index (χ4v) is 3.29. The molecule has 0 radical (unpaired) electrons. The van der Waals surface area contributed by atoms with Gasteiger partial charge in [0.15, 0.2) is 0 Å². The molecule has 3 rings (SSSR count). The molecule has 2 aromatic rings. The summed E-state index contributed by atoms with van der Waals surface area (Å²) in [5.74, 6) is -1.24. The lowest BCUT2D eigenvalue weighted by atomic mass is 9.81. The summed E-state index contributed by atoms with van der Waals surface area (Å²) in [7, 11) is 1.53. The zero-order chi connectivity index (χ0) is 18.0. The second-order valence-corrected chi connectivity index (χ2v) is 6.33. The molecule has 2 atom stereocenters. The molecular formula is C18H17ClF2N2O2. The van der Waals surface area contributed by atoms with Gasteiger partial charge in [-0.05, 0) is 36.6 Å². The van der Waals surface area contributed by atoms with Crippen LogP contribution >= 0.6 is 11.6 Å². The Kier molecular flexibility index (Phi) is 5.01. The van der Waals surface area contributed by atoms with Gasteiger partial charge in [0.05, 0.1) is 11.8 Å². The number of pyridine rings is 1. The van der Waals surface area contributed by atoms with Crippen molar-refractivity contribution in [3.8, 4) is 0 Å². The topological polar surface area (TPSA) is 51.2 Å². The Labute approximate surface area is 149 Å². The zero-order valence-electron chi connectivity index (χ0n) is 13.6. The average molecular weight is 367 g/mol. The molecule has 0 saturated carbocycles. The first-order valence-corrected chi connectivity index (χ1v) is 8.23. The van der Waals surface area contributed by atoms with E-state index in [1.165, 1.54) is 19.2 Å². The standard InChI is InChI=1S/C18H17ClF2N2O2/c1-25-15-6-7-18(21,13-3-2-8-22-16(13)15)17(24)23-10-11-4-5-12(20)9-14(11)19/h2-5,8-9,15H,6-7,10H2,1H3,(H,23,24)/t15-,18-/m0/s1. The van der Waals surface area contributed by atoms with Crippen molar-refractivity contribution in [2.24, 2.45) is 0 Å². The number of alkyl halides is 1. The summed E-state index contributed by atoms with van der Waals surface area (Å²) in [6.45, 7) is 0.00686. The Morgan fingerprint density at radius 3 is 3.00 bits per heavy atom. The van der Waals surface area contributed by atoms with Crippen molar-refractivity contribution >= 4 is 17.5 Å². The van der Waals surface area contributed by atoms with Gasteiger partial charge in [0.25, 0.3) is 5.91 Å². The Morgan fingerprint density at radius 2 is 2.28 bits per heavy atom. The van der Waals surface area contributed by atoms with Crippen molar-refractivity contribution in [3.63, 3.8) is 0 Å². The molecular weight excluding hydrogens is 350 g/mol. The lowest BCUT2D eigenvalue weighted by Crippen LogP contribution is -2.44. The van der Waals surface area contributed by atoms with Crippen LogP contribution in [0.1, 0.15) is 35.8 Å². The molecule has 0 fully saturated rings. The number of ether oxygens (including phenoxy) is 1. The Hall–Kier alpha value is -2.05. The summed E-state index contributed by atoms with van der Waals surface area (Å²) >= 11 is 5.94. The number of carbonyl (C=O) groups excluding carboxylic acids is 1. The molecule has 0 aliphatic heterocycles. The van der Waals surface area contributed by atoms with Crippen LogP contribution in [0.15, 0.2) is 36.5 Å². The highest BCUT2D eigenvalue weighted by molar-refractivity contribution is 6.31. The van der Waals surface area contributed by atoms with E-state index < -0.39 is 17.4 Å². The number of methoxy groups -OCH3 is 1. The number of hydrogen-bond acceptors (Lipinski definition) is 3. The summed E-state index contributed by atoms with van der Waals surface area (Å²) in [4.78, 5) is 16.7. The molecule has 0 bridgehead atoms. The fraction of sp³-hybridized carbons (Fsp3) is 0.333. The first-order chi connectivity index (χ1) is 12.0. The first kappa shape index (κ1) is 17.8. The highest BCUT2D eigenvalue weighted by Gasteiger charge is 2.47. The maximum Gasteiger partial charge on any atom is 0.262 e. The molecule has 0 unspecified atom stereocenters. The van der Waals surface area contributed by atoms with Crippen molar-refractivity contribution in [1.29, 1.82) is 0 Å². The first-order valence-electron chi connectivity index (χ1n) is 7.85. The molecule has 132 valence electrons. The van der Waals surface area contributed by atoms with Crippen LogP contribution in [0, 0.1) is 5.82 Å². The maximum absolute atomic E-state index is 15.5. The third-order valence-corrected chi connectivity index (χ3v) is 4.77. The minimum Gasteiger partial charge on any atom is -0.375 e. The number of nitrogens with one attached hydrogen (secondary N) is 1. The number of hydrogen-bond donors (Lipinski definition) is 1. The smallest absolute Gasteiger partial charge is 0.262 e. The average Bonchev–Trinajstić information content (AvgIpc) is 2.61. The number of nitrogens with zero attached hydrogens (tertiary/aromatic N) is 1. The van der Waals surface area contributed by atoms with E-state index in [-0.39, 0.29) is 29.7 Å². The van der Waals surface area contributed by atoms with E-state index in [0.717, 1.165) is 6.07 Å². The van der Waals surface area contributed by atoms with Gasteiger partial charge in [-0.15, -0.1) is 0 Å². The van der Waals surface area contributed by atoms with E-state index >= 15 is 4.39 Å². The van der Waals surface area contributed by atoms with E-state index in [9.17, 15) is 9.18 Å². The van der Waals surface area contributed by atoms with Crippen LogP contribution in [0.3, 0.4) is 0 Å². The van der Waals surface area contributed by atoms with Gasteiger partial charge in [-0.1, -0.05) is 23.7 Å². The predicted molar refractivity (Wildman–Crippen MR) is 89.3 cm³/mol. The van der Waals surface area contributed by atoms with E-state index in [1.54, 1.807) is 18.3 Å². The lowest BCUT2D eigenvalue weighted by Gasteiger charge is -2.33. The summed E-state index contributed by atoms with van der Waals surface area (Å²) in [5.41, 5.74) is -1.02. The molecule has 1 amide bonds. The monoisotopic (exact) mass is 366 g/mol. The van der Waals surface area contributed by atoms with Crippen LogP contribution in [-0.2, 0) is 21.7 Å². The van der Waals surface area contributed by atoms with E-state index in [1.807, 2.05) is 0 Å². The molecule has 0 spiro atoms. The molecule has 1 heterocycles. The molecule has 1 aromatic carbocycles. The lowest BCUT2D eigenvalue weighted by molar-refractivity contribution is -0.135. The van der Waals surface area contributed by atoms with Crippen LogP contribution in [-0.4, -0.2) is 18.0 Å². The van der Waals surface area contributed by atoms with Crippen molar-refractivity contribution < 1.29 is 18.3 Å². The van der Waals surface area contributed by atoms with E-state index in [4.69, 9.17) is 16.3 Å². The third kappa shape index (κ3) is 3.37. The van der Waals surface area contributed by atoms with Crippen molar-refractivity contribution in [1.82, 2.24) is 10.3 Å². The Balaban J connectivity index is 1.81. The fourth-order valence-electron chi connectivity index (χ4n) is 3.06. The van der Waals surface area contributed by atoms with Gasteiger partial charge in [0.1, 0.15) is 5.82 Å². The zero-order valence-corrected chi connectivity index (χ0v) is 14.3. The summed E-state index contributed by atoms with van der Waals surface area (Å²) in [6.07, 6.45) is 1.56. The van der Waals surface area contributed by atoms with Crippen molar-refractivity contribution in [2.75, 3.05) is 7.11 Å². The minimum absolute atomic E-state index is 0.00676.